The van der Waals surface area contributed by atoms with Crippen LogP contribution in [0.4, 0.5) is 0 Å². The third-order valence-electron chi connectivity index (χ3n) is 4.31. The molecule has 1 saturated heterocycles. The van der Waals surface area contributed by atoms with Crippen LogP contribution in [0.15, 0.2) is 0 Å². The van der Waals surface area contributed by atoms with Gasteiger partial charge in [-0.25, -0.2) is 0 Å². The summed E-state index contributed by atoms with van der Waals surface area (Å²) in [6.45, 7) is 7.64. The maximum Gasteiger partial charge on any atom is 0.306 e. The zero-order valence-electron chi connectivity index (χ0n) is 16.6. The van der Waals surface area contributed by atoms with Crippen molar-refractivity contribution in [3.63, 3.8) is 0 Å². The van der Waals surface area contributed by atoms with Crippen LogP contribution in [0.2, 0.25) is 0 Å². The fourth-order valence-electron chi connectivity index (χ4n) is 3.10. The van der Waals surface area contributed by atoms with E-state index in [0.29, 0.717) is 12.8 Å². The number of rotatable bonds is 10. The lowest BCUT2D eigenvalue weighted by Gasteiger charge is -2.29. The summed E-state index contributed by atoms with van der Waals surface area (Å²) in [6.07, 6.45) is 9.28. The van der Waals surface area contributed by atoms with E-state index in [9.17, 15) is 9.59 Å². The van der Waals surface area contributed by atoms with Crippen LogP contribution < -0.4 is 0 Å². The Bertz CT molecular complexity index is 403. The number of piperidine rings is 1. The van der Waals surface area contributed by atoms with Gasteiger partial charge in [-0.1, -0.05) is 25.7 Å². The summed E-state index contributed by atoms with van der Waals surface area (Å²) < 4.78 is 10.8. The van der Waals surface area contributed by atoms with Crippen molar-refractivity contribution in [1.82, 2.24) is 4.90 Å². The Hall–Kier alpha value is -1.10. The molecule has 146 valence electrons. The third kappa shape index (κ3) is 12.0. The second-order valence-electron chi connectivity index (χ2n) is 8.22. The van der Waals surface area contributed by atoms with Crippen LogP contribution in [0.3, 0.4) is 0 Å². The normalized spacial score (nSPS) is 18.8. The fraction of sp³-hybridized carbons (Fsp3) is 0.900. The van der Waals surface area contributed by atoms with Crippen molar-refractivity contribution in [3.05, 3.63) is 0 Å². The highest BCUT2D eigenvalue weighted by atomic mass is 16.6. The quantitative estimate of drug-likeness (QED) is 0.436. The van der Waals surface area contributed by atoms with E-state index >= 15 is 0 Å². The van der Waals surface area contributed by atoms with Crippen molar-refractivity contribution in [3.8, 4) is 0 Å². The maximum atomic E-state index is 11.9. The first-order chi connectivity index (χ1) is 11.8. The highest BCUT2D eigenvalue weighted by molar-refractivity contribution is 5.70. The number of ether oxygens (including phenoxy) is 2. The van der Waals surface area contributed by atoms with Crippen molar-refractivity contribution >= 4 is 11.9 Å². The summed E-state index contributed by atoms with van der Waals surface area (Å²) in [4.78, 5) is 25.6. The first kappa shape index (κ1) is 21.9. The molecule has 0 radical (unpaired) electrons. The van der Waals surface area contributed by atoms with Crippen LogP contribution in [-0.2, 0) is 19.1 Å². The topological polar surface area (TPSA) is 55.8 Å². The van der Waals surface area contributed by atoms with Gasteiger partial charge < -0.3 is 14.4 Å². The Kier molecular flexibility index (Phi) is 10.1. The van der Waals surface area contributed by atoms with Gasteiger partial charge in [-0.3, -0.25) is 9.59 Å². The number of carbonyl (C=O) groups is 2. The first-order valence-electron chi connectivity index (χ1n) is 9.86. The zero-order valence-corrected chi connectivity index (χ0v) is 16.6. The number of likely N-dealkylation sites (tertiary alicyclic amines) is 1. The van der Waals surface area contributed by atoms with Crippen molar-refractivity contribution in [2.24, 2.45) is 0 Å². The largest absolute Gasteiger partial charge is 0.461 e. The van der Waals surface area contributed by atoms with E-state index in [-0.39, 0.29) is 18.0 Å². The molecule has 1 rings (SSSR count). The Morgan fingerprint density at radius 2 is 1.52 bits per heavy atom. The molecule has 1 heterocycles. The lowest BCUT2D eigenvalue weighted by atomic mass is 10.1. The van der Waals surface area contributed by atoms with Gasteiger partial charge in [0, 0.05) is 19.4 Å². The molecule has 0 aromatic rings. The summed E-state index contributed by atoms with van der Waals surface area (Å²) in [7, 11) is 2.07. The molecule has 5 heteroatoms. The van der Waals surface area contributed by atoms with Crippen LogP contribution in [0.1, 0.15) is 85.0 Å². The molecule has 0 saturated carbocycles. The van der Waals surface area contributed by atoms with Crippen LogP contribution in [0.5, 0.6) is 0 Å². The van der Waals surface area contributed by atoms with Gasteiger partial charge in [-0.2, -0.15) is 0 Å². The molecular weight excluding hydrogens is 318 g/mol. The molecule has 5 nitrogen and oxygen atoms in total. The molecule has 25 heavy (non-hydrogen) atoms. The monoisotopic (exact) mass is 355 g/mol. The van der Waals surface area contributed by atoms with E-state index in [0.717, 1.165) is 64.5 Å². The molecule has 1 aliphatic heterocycles. The predicted molar refractivity (Wildman–Crippen MR) is 99.4 cm³/mol. The summed E-state index contributed by atoms with van der Waals surface area (Å²) in [5.74, 6) is -0.158. The fourth-order valence-corrected chi connectivity index (χ4v) is 3.10. The van der Waals surface area contributed by atoms with Crippen molar-refractivity contribution < 1.29 is 19.1 Å². The number of hydrogen-bond donors (Lipinski definition) is 0. The van der Waals surface area contributed by atoms with Gasteiger partial charge in [-0.05, 0) is 60.0 Å². The molecule has 0 aliphatic carbocycles. The Morgan fingerprint density at radius 1 is 0.960 bits per heavy atom. The standard InChI is InChI=1S/C20H37NO4/c1-20(2,3)25-19(23)14-10-8-6-5-7-9-13-18(22)24-17-12-11-15-21(4)16-17/h17H,5-16H2,1-4H3. The minimum Gasteiger partial charge on any atom is -0.461 e. The van der Waals surface area contributed by atoms with Crippen LogP contribution in [0.25, 0.3) is 0 Å². The third-order valence-corrected chi connectivity index (χ3v) is 4.31. The van der Waals surface area contributed by atoms with E-state index in [4.69, 9.17) is 9.47 Å². The predicted octanol–water partition coefficient (Wildman–Crippen LogP) is 4.09. The zero-order chi connectivity index (χ0) is 18.7. The van der Waals surface area contributed by atoms with E-state index in [1.54, 1.807) is 0 Å². The number of nitrogens with zero attached hydrogens (tertiary/aromatic N) is 1. The van der Waals surface area contributed by atoms with Crippen LogP contribution >= 0.6 is 0 Å². The number of hydrogen-bond acceptors (Lipinski definition) is 5. The number of carbonyl (C=O) groups excluding carboxylic acids is 2. The van der Waals surface area contributed by atoms with Crippen molar-refractivity contribution in [2.45, 2.75) is 96.7 Å². The molecule has 0 amide bonds. The molecule has 0 bridgehead atoms. The van der Waals surface area contributed by atoms with Gasteiger partial charge in [0.15, 0.2) is 0 Å². The lowest BCUT2D eigenvalue weighted by molar-refractivity contribution is -0.155. The van der Waals surface area contributed by atoms with E-state index in [1.807, 2.05) is 20.8 Å². The van der Waals surface area contributed by atoms with Gasteiger partial charge >= 0.3 is 11.9 Å². The summed E-state index contributed by atoms with van der Waals surface area (Å²) in [5.41, 5.74) is -0.390. The smallest absolute Gasteiger partial charge is 0.306 e. The van der Waals surface area contributed by atoms with Gasteiger partial charge in [0.2, 0.25) is 0 Å². The lowest BCUT2D eigenvalue weighted by Crippen LogP contribution is -2.38. The van der Waals surface area contributed by atoms with E-state index in [2.05, 4.69) is 11.9 Å². The minimum absolute atomic E-state index is 0.0507. The van der Waals surface area contributed by atoms with Gasteiger partial charge in [0.25, 0.3) is 0 Å². The van der Waals surface area contributed by atoms with E-state index < -0.39 is 5.60 Å². The molecule has 0 spiro atoms. The average Bonchev–Trinajstić information content (AvgIpc) is 2.48. The highest BCUT2D eigenvalue weighted by Crippen LogP contribution is 2.15. The Morgan fingerprint density at radius 3 is 2.08 bits per heavy atom. The maximum absolute atomic E-state index is 11.9. The minimum atomic E-state index is -0.390. The van der Waals surface area contributed by atoms with Gasteiger partial charge in [0.1, 0.15) is 11.7 Å². The van der Waals surface area contributed by atoms with Crippen LogP contribution in [0, 0.1) is 0 Å². The summed E-state index contributed by atoms with van der Waals surface area (Å²) in [5, 5.41) is 0. The molecule has 0 aromatic carbocycles. The SMILES string of the molecule is CN1CCCC(OC(=O)CCCCCCCCC(=O)OC(C)(C)C)C1. The molecule has 1 unspecified atom stereocenters. The van der Waals surface area contributed by atoms with Crippen molar-refractivity contribution in [1.29, 1.82) is 0 Å². The average molecular weight is 356 g/mol. The van der Waals surface area contributed by atoms with Crippen molar-refractivity contribution in [2.75, 3.05) is 20.1 Å². The molecule has 1 fully saturated rings. The number of unbranched alkanes of at least 4 members (excludes halogenated alkanes) is 5. The molecular formula is C20H37NO4. The number of likely N-dealkylation sites (N-methyl/N-ethyl adjacent to an activating group) is 1. The highest BCUT2D eigenvalue weighted by Gasteiger charge is 2.20. The Labute approximate surface area is 153 Å². The van der Waals surface area contributed by atoms with Gasteiger partial charge in [0.05, 0.1) is 0 Å². The van der Waals surface area contributed by atoms with Gasteiger partial charge in [-0.15, -0.1) is 0 Å². The number of esters is 2. The second-order valence-corrected chi connectivity index (χ2v) is 8.22. The van der Waals surface area contributed by atoms with Crippen LogP contribution in [-0.4, -0.2) is 48.7 Å². The summed E-state index contributed by atoms with van der Waals surface area (Å²) in [6, 6.07) is 0. The molecule has 0 N–H and O–H groups in total. The Balaban J connectivity index is 1.93. The summed E-state index contributed by atoms with van der Waals surface area (Å²) >= 11 is 0. The molecule has 0 aromatic heterocycles. The second kappa shape index (κ2) is 11.5. The molecule has 1 atom stereocenters. The molecule has 1 aliphatic rings. The first-order valence-corrected chi connectivity index (χ1v) is 9.86. The van der Waals surface area contributed by atoms with E-state index in [1.165, 1.54) is 0 Å².